The summed E-state index contributed by atoms with van der Waals surface area (Å²) in [5, 5.41) is 4.92. The molecule has 0 bridgehead atoms. The molecule has 1 aromatic rings. The van der Waals surface area contributed by atoms with Crippen LogP contribution in [0.15, 0.2) is 0 Å². The zero-order valence-electron chi connectivity index (χ0n) is 12.6. The number of nitrogens with zero attached hydrogens (tertiary/aromatic N) is 1. The molecule has 1 saturated carbocycles. The molecule has 1 heterocycles. The van der Waals surface area contributed by atoms with Crippen LogP contribution in [0.1, 0.15) is 74.0 Å². The molecule has 0 amide bonds. The van der Waals surface area contributed by atoms with E-state index in [0.29, 0.717) is 11.5 Å². The highest BCUT2D eigenvalue weighted by atomic mass is 32.1. The molecular weight excluding hydrogens is 252 g/mol. The molecule has 19 heavy (non-hydrogen) atoms. The Balaban J connectivity index is 1.89. The lowest BCUT2D eigenvalue weighted by atomic mass is 9.76. The summed E-state index contributed by atoms with van der Waals surface area (Å²) < 4.78 is 0. The second-order valence-electron chi connectivity index (χ2n) is 7.36. The predicted octanol–water partition coefficient (Wildman–Crippen LogP) is 4.28. The van der Waals surface area contributed by atoms with Crippen LogP contribution in [0.4, 0.5) is 0 Å². The number of thiazole rings is 1. The Bertz CT molecular complexity index is 463. The van der Waals surface area contributed by atoms with Crippen molar-refractivity contribution >= 4 is 11.3 Å². The van der Waals surface area contributed by atoms with Crippen molar-refractivity contribution in [1.82, 2.24) is 10.3 Å². The van der Waals surface area contributed by atoms with E-state index in [9.17, 15) is 0 Å². The fourth-order valence-electron chi connectivity index (χ4n) is 3.79. The van der Waals surface area contributed by atoms with E-state index in [4.69, 9.17) is 4.98 Å². The normalized spacial score (nSPS) is 33.4. The second kappa shape index (κ2) is 4.85. The Morgan fingerprint density at radius 2 is 2.11 bits per heavy atom. The Hall–Kier alpha value is -0.410. The van der Waals surface area contributed by atoms with E-state index in [-0.39, 0.29) is 0 Å². The molecule has 2 aliphatic carbocycles. The molecule has 2 aliphatic rings. The van der Waals surface area contributed by atoms with Crippen LogP contribution in [0.3, 0.4) is 0 Å². The zero-order chi connectivity index (χ0) is 13.6. The van der Waals surface area contributed by atoms with Crippen LogP contribution >= 0.6 is 11.3 Å². The van der Waals surface area contributed by atoms with Crippen molar-refractivity contribution in [2.24, 2.45) is 11.3 Å². The maximum Gasteiger partial charge on any atom is 0.0962 e. The van der Waals surface area contributed by atoms with Gasteiger partial charge in [-0.1, -0.05) is 27.2 Å². The Morgan fingerprint density at radius 1 is 1.32 bits per heavy atom. The first-order valence-electron chi connectivity index (χ1n) is 7.65. The van der Waals surface area contributed by atoms with Crippen LogP contribution in [0.25, 0.3) is 0 Å². The SMILES string of the molecule is CNC1CC(C)(C)Cc2nc(C3CCC(C)C3)sc21. The minimum absolute atomic E-state index is 0.384. The lowest BCUT2D eigenvalue weighted by Crippen LogP contribution is -2.30. The van der Waals surface area contributed by atoms with Gasteiger partial charge in [-0.2, -0.15) is 0 Å². The van der Waals surface area contributed by atoms with Crippen molar-refractivity contribution < 1.29 is 0 Å². The zero-order valence-corrected chi connectivity index (χ0v) is 13.4. The first kappa shape index (κ1) is 13.6. The van der Waals surface area contributed by atoms with Gasteiger partial charge < -0.3 is 5.32 Å². The summed E-state index contributed by atoms with van der Waals surface area (Å²) in [6.45, 7) is 7.13. The van der Waals surface area contributed by atoms with E-state index in [1.807, 2.05) is 11.3 Å². The van der Waals surface area contributed by atoms with E-state index in [0.717, 1.165) is 18.3 Å². The van der Waals surface area contributed by atoms with Gasteiger partial charge in [0, 0.05) is 16.8 Å². The van der Waals surface area contributed by atoms with Crippen LogP contribution < -0.4 is 5.32 Å². The van der Waals surface area contributed by atoms with Gasteiger partial charge >= 0.3 is 0 Å². The second-order valence-corrected chi connectivity index (χ2v) is 8.43. The summed E-state index contributed by atoms with van der Waals surface area (Å²) >= 11 is 1.99. The summed E-state index contributed by atoms with van der Waals surface area (Å²) in [5.74, 6) is 1.63. The van der Waals surface area contributed by atoms with E-state index >= 15 is 0 Å². The molecule has 0 radical (unpaired) electrons. The largest absolute Gasteiger partial charge is 0.312 e. The van der Waals surface area contributed by atoms with Crippen LogP contribution in [0, 0.1) is 11.3 Å². The van der Waals surface area contributed by atoms with Crippen molar-refractivity contribution in [3.63, 3.8) is 0 Å². The highest BCUT2D eigenvalue weighted by Crippen LogP contribution is 2.46. The topological polar surface area (TPSA) is 24.9 Å². The number of rotatable bonds is 2. The molecule has 0 saturated heterocycles. The Labute approximate surface area is 121 Å². The Morgan fingerprint density at radius 3 is 2.74 bits per heavy atom. The quantitative estimate of drug-likeness (QED) is 0.873. The third kappa shape index (κ3) is 2.59. The molecule has 0 aliphatic heterocycles. The molecule has 3 heteroatoms. The third-order valence-electron chi connectivity index (χ3n) is 4.86. The van der Waals surface area contributed by atoms with Gasteiger partial charge in [0.2, 0.25) is 0 Å². The van der Waals surface area contributed by atoms with Gasteiger partial charge in [0.1, 0.15) is 0 Å². The van der Waals surface area contributed by atoms with E-state index < -0.39 is 0 Å². The van der Waals surface area contributed by atoms with Crippen molar-refractivity contribution in [3.8, 4) is 0 Å². The van der Waals surface area contributed by atoms with Crippen LogP contribution in [0.2, 0.25) is 0 Å². The summed E-state index contributed by atoms with van der Waals surface area (Å²) in [6, 6.07) is 0.517. The fraction of sp³-hybridized carbons (Fsp3) is 0.812. The molecule has 0 aromatic carbocycles. The van der Waals surface area contributed by atoms with Gasteiger partial charge in [-0.3, -0.25) is 0 Å². The highest BCUT2D eigenvalue weighted by Gasteiger charge is 2.36. The molecule has 1 N–H and O–H groups in total. The maximum absolute atomic E-state index is 5.04. The minimum atomic E-state index is 0.384. The number of hydrogen-bond donors (Lipinski definition) is 1. The van der Waals surface area contributed by atoms with Crippen molar-refractivity contribution in [3.05, 3.63) is 15.6 Å². The first-order chi connectivity index (χ1) is 8.98. The van der Waals surface area contributed by atoms with Gasteiger partial charge in [-0.05, 0) is 44.1 Å². The number of aromatic nitrogens is 1. The van der Waals surface area contributed by atoms with Crippen LogP contribution in [-0.4, -0.2) is 12.0 Å². The van der Waals surface area contributed by atoms with Crippen molar-refractivity contribution in [2.45, 2.75) is 64.8 Å². The molecule has 0 spiro atoms. The number of fused-ring (bicyclic) bond motifs is 1. The molecular formula is C16H26N2S. The van der Waals surface area contributed by atoms with Gasteiger partial charge in [-0.15, -0.1) is 11.3 Å². The van der Waals surface area contributed by atoms with E-state index in [1.54, 1.807) is 0 Å². The van der Waals surface area contributed by atoms with Gasteiger partial charge in [0.05, 0.1) is 10.7 Å². The van der Waals surface area contributed by atoms with E-state index in [2.05, 4.69) is 33.1 Å². The summed E-state index contributed by atoms with van der Waals surface area (Å²) in [4.78, 5) is 6.56. The molecule has 3 atom stereocenters. The lowest BCUT2D eigenvalue weighted by molar-refractivity contribution is 0.265. The third-order valence-corrected chi connectivity index (χ3v) is 6.23. The molecule has 3 rings (SSSR count). The van der Waals surface area contributed by atoms with Crippen LogP contribution in [0.5, 0.6) is 0 Å². The summed E-state index contributed by atoms with van der Waals surface area (Å²) in [6.07, 6.45) is 6.47. The van der Waals surface area contributed by atoms with Gasteiger partial charge in [0.25, 0.3) is 0 Å². The van der Waals surface area contributed by atoms with Gasteiger partial charge in [-0.25, -0.2) is 4.98 Å². The average Bonchev–Trinajstić information content (AvgIpc) is 2.92. The first-order valence-corrected chi connectivity index (χ1v) is 8.47. The van der Waals surface area contributed by atoms with Crippen molar-refractivity contribution in [2.75, 3.05) is 7.05 Å². The smallest absolute Gasteiger partial charge is 0.0962 e. The molecule has 2 nitrogen and oxygen atoms in total. The van der Waals surface area contributed by atoms with Crippen LogP contribution in [-0.2, 0) is 6.42 Å². The summed E-state index contributed by atoms with van der Waals surface area (Å²) in [7, 11) is 2.09. The monoisotopic (exact) mass is 278 g/mol. The molecule has 1 fully saturated rings. The fourth-order valence-corrected chi connectivity index (χ4v) is 5.13. The van der Waals surface area contributed by atoms with Crippen molar-refractivity contribution in [1.29, 1.82) is 0 Å². The number of nitrogens with one attached hydrogen (secondary N) is 1. The lowest BCUT2D eigenvalue weighted by Gasteiger charge is -2.34. The standard InChI is InChI=1S/C16H26N2S/c1-10-5-6-11(7-10)15-18-13-9-16(2,3)8-12(17-4)14(13)19-15/h10-12,17H,5-9H2,1-4H3. The van der Waals surface area contributed by atoms with E-state index in [1.165, 1.54) is 41.3 Å². The number of hydrogen-bond acceptors (Lipinski definition) is 3. The molecule has 106 valence electrons. The van der Waals surface area contributed by atoms with Gasteiger partial charge in [0.15, 0.2) is 0 Å². The summed E-state index contributed by atoms with van der Waals surface area (Å²) in [5.41, 5.74) is 1.77. The molecule has 3 unspecified atom stereocenters. The Kier molecular flexibility index (Phi) is 3.46. The maximum atomic E-state index is 5.04. The average molecular weight is 278 g/mol. The highest BCUT2D eigenvalue weighted by molar-refractivity contribution is 7.12. The predicted molar refractivity (Wildman–Crippen MR) is 81.8 cm³/mol. The minimum Gasteiger partial charge on any atom is -0.312 e. The molecule has 1 aromatic heterocycles.